The molecule has 0 amide bonds. The fraction of sp³-hybridized carbons (Fsp3) is 0.400. The monoisotopic (exact) mass is 458 g/mol. The smallest absolute Gasteiger partial charge is 0.320 e. The largest absolute Gasteiger partial charge is 0.492 e. The molecule has 0 fully saturated rings. The third kappa shape index (κ3) is 5.35. The number of fused-ring (bicyclic) bond motifs is 1. The number of imidazole rings is 1. The van der Waals surface area contributed by atoms with Crippen molar-refractivity contribution in [1.82, 2.24) is 19.5 Å². The number of hydrogen-bond acceptors (Lipinski definition) is 7. The minimum Gasteiger partial charge on any atom is -0.492 e. The van der Waals surface area contributed by atoms with Gasteiger partial charge in [0.05, 0.1) is 19.2 Å². The topological polar surface area (TPSA) is 112 Å². The first kappa shape index (κ1) is 20.9. The Balaban J connectivity index is 1.67. The summed E-state index contributed by atoms with van der Waals surface area (Å²) in [6.45, 7) is 3.59. The van der Waals surface area contributed by atoms with Gasteiger partial charge in [0.15, 0.2) is 21.7 Å². The van der Waals surface area contributed by atoms with E-state index in [1.807, 2.05) is 28.8 Å². The first-order valence-electron chi connectivity index (χ1n) is 9.53. The van der Waals surface area contributed by atoms with Gasteiger partial charge in [-0.2, -0.15) is 15.2 Å². The highest BCUT2D eigenvalue weighted by atomic mass is 79.9. The molecule has 9 heteroatoms. The van der Waals surface area contributed by atoms with Crippen LogP contribution in [0.3, 0.4) is 0 Å². The molecule has 0 atom stereocenters. The molecule has 2 aromatic heterocycles. The van der Waals surface area contributed by atoms with Gasteiger partial charge >= 0.3 is 6.01 Å². The van der Waals surface area contributed by atoms with Gasteiger partial charge in [-0.1, -0.05) is 25.5 Å². The van der Waals surface area contributed by atoms with Crippen molar-refractivity contribution in [3.05, 3.63) is 34.6 Å². The van der Waals surface area contributed by atoms with Gasteiger partial charge in [0.1, 0.15) is 12.4 Å². The van der Waals surface area contributed by atoms with Crippen molar-refractivity contribution >= 4 is 32.9 Å². The van der Waals surface area contributed by atoms with E-state index in [4.69, 9.17) is 20.5 Å². The number of unbranched alkanes of at least 4 members (excludes halogenated alkanes) is 1. The summed E-state index contributed by atoms with van der Waals surface area (Å²) in [5, 5.41) is 8.66. The lowest BCUT2D eigenvalue weighted by molar-refractivity contribution is 0.285. The van der Waals surface area contributed by atoms with E-state index in [0.717, 1.165) is 30.6 Å². The van der Waals surface area contributed by atoms with E-state index in [1.165, 1.54) is 0 Å². The second-order valence-electron chi connectivity index (χ2n) is 6.45. The molecule has 152 valence electrons. The Bertz CT molecular complexity index is 997. The summed E-state index contributed by atoms with van der Waals surface area (Å²) in [5.41, 5.74) is 8.28. The number of nitriles is 1. The molecule has 0 bridgehead atoms. The van der Waals surface area contributed by atoms with Gasteiger partial charge in [0, 0.05) is 6.42 Å². The fourth-order valence-corrected chi connectivity index (χ4v) is 3.28. The minimum atomic E-state index is 0.256. The zero-order valence-corrected chi connectivity index (χ0v) is 17.9. The van der Waals surface area contributed by atoms with Crippen LogP contribution < -0.4 is 15.2 Å². The number of ether oxygens (including phenoxy) is 2. The standard InChI is InChI=1S/C20H23BrN6O2/c1-2-3-12-29-20-25-17(23)16-18(26-20)27(19(21)24-16)11-13-28-15-8-6-14(7-9-15)5-4-10-22/h6-9H,2-5,11-13H2,1H3,(H2,23,25,26). The van der Waals surface area contributed by atoms with Gasteiger partial charge in [-0.3, -0.25) is 4.57 Å². The molecule has 0 aliphatic heterocycles. The first-order valence-corrected chi connectivity index (χ1v) is 10.3. The van der Waals surface area contributed by atoms with Gasteiger partial charge < -0.3 is 15.2 Å². The fourth-order valence-electron chi connectivity index (χ4n) is 2.75. The quantitative estimate of drug-likeness (QED) is 0.362. The van der Waals surface area contributed by atoms with Crippen LogP contribution in [0.25, 0.3) is 11.2 Å². The molecule has 3 aromatic rings. The molecule has 0 unspecified atom stereocenters. The molecule has 29 heavy (non-hydrogen) atoms. The highest BCUT2D eigenvalue weighted by molar-refractivity contribution is 9.10. The first-order chi connectivity index (χ1) is 14.1. The van der Waals surface area contributed by atoms with E-state index >= 15 is 0 Å². The number of nitrogen functional groups attached to an aromatic ring is 1. The second-order valence-corrected chi connectivity index (χ2v) is 7.16. The molecule has 3 rings (SSSR count). The normalized spacial score (nSPS) is 10.8. The van der Waals surface area contributed by atoms with Gasteiger partial charge in [-0.15, -0.1) is 0 Å². The lowest BCUT2D eigenvalue weighted by atomic mass is 10.1. The van der Waals surface area contributed by atoms with Crippen LogP contribution in [0, 0.1) is 11.3 Å². The van der Waals surface area contributed by atoms with E-state index in [-0.39, 0.29) is 11.8 Å². The third-order valence-electron chi connectivity index (χ3n) is 4.32. The summed E-state index contributed by atoms with van der Waals surface area (Å²) in [4.78, 5) is 13.1. The Morgan fingerprint density at radius 1 is 1.14 bits per heavy atom. The van der Waals surface area contributed by atoms with Crippen molar-refractivity contribution in [1.29, 1.82) is 5.26 Å². The van der Waals surface area contributed by atoms with Crippen LogP contribution in [-0.2, 0) is 13.0 Å². The zero-order valence-electron chi connectivity index (χ0n) is 16.3. The van der Waals surface area contributed by atoms with Crippen LogP contribution in [0.2, 0.25) is 0 Å². The number of halogens is 1. The lowest BCUT2D eigenvalue weighted by Gasteiger charge is -2.10. The molecule has 2 heterocycles. The second kappa shape index (κ2) is 10.1. The summed E-state index contributed by atoms with van der Waals surface area (Å²) in [6.07, 6.45) is 3.21. The summed E-state index contributed by atoms with van der Waals surface area (Å²) in [5.74, 6) is 1.05. The molecule has 8 nitrogen and oxygen atoms in total. The number of anilines is 1. The number of nitrogens with two attached hydrogens (primary N) is 1. The van der Waals surface area contributed by atoms with Gasteiger partial charge in [0.2, 0.25) is 0 Å². The summed E-state index contributed by atoms with van der Waals surface area (Å²) in [7, 11) is 0. The number of rotatable bonds is 10. The highest BCUT2D eigenvalue weighted by Crippen LogP contribution is 2.24. The number of aryl methyl sites for hydroxylation is 1. The van der Waals surface area contributed by atoms with Crippen LogP contribution in [0.1, 0.15) is 31.7 Å². The zero-order chi connectivity index (χ0) is 20.6. The molecule has 2 N–H and O–H groups in total. The van der Waals surface area contributed by atoms with Crippen molar-refractivity contribution in [2.75, 3.05) is 18.9 Å². The van der Waals surface area contributed by atoms with Crippen molar-refractivity contribution in [3.63, 3.8) is 0 Å². The van der Waals surface area contributed by atoms with Crippen molar-refractivity contribution < 1.29 is 9.47 Å². The molecule has 0 aliphatic carbocycles. The molecule has 0 radical (unpaired) electrons. The third-order valence-corrected chi connectivity index (χ3v) is 4.92. The Morgan fingerprint density at radius 3 is 2.66 bits per heavy atom. The van der Waals surface area contributed by atoms with Crippen LogP contribution in [0.4, 0.5) is 5.82 Å². The van der Waals surface area contributed by atoms with Crippen LogP contribution in [0.15, 0.2) is 29.0 Å². The van der Waals surface area contributed by atoms with Gasteiger partial charge in [-0.25, -0.2) is 4.98 Å². The molecule has 0 saturated heterocycles. The summed E-state index contributed by atoms with van der Waals surface area (Å²) < 4.78 is 13.9. The molecular weight excluding hydrogens is 436 g/mol. The number of benzene rings is 1. The average Bonchev–Trinajstić information content (AvgIpc) is 3.04. The van der Waals surface area contributed by atoms with Crippen LogP contribution >= 0.6 is 15.9 Å². The predicted octanol–water partition coefficient (Wildman–Crippen LogP) is 3.89. The maximum absolute atomic E-state index is 8.66. The Kier molecular flexibility index (Phi) is 7.25. The van der Waals surface area contributed by atoms with Gasteiger partial charge in [-0.05, 0) is 46.5 Å². The molecule has 0 saturated carbocycles. The average molecular weight is 459 g/mol. The van der Waals surface area contributed by atoms with E-state index in [2.05, 4.69) is 43.9 Å². The Morgan fingerprint density at radius 2 is 1.93 bits per heavy atom. The molecular formula is C20H23BrN6O2. The number of hydrogen-bond donors (Lipinski definition) is 1. The van der Waals surface area contributed by atoms with Crippen molar-refractivity contribution in [3.8, 4) is 17.8 Å². The Hall–Kier alpha value is -2.86. The van der Waals surface area contributed by atoms with E-state index < -0.39 is 0 Å². The predicted molar refractivity (Wildman–Crippen MR) is 114 cm³/mol. The highest BCUT2D eigenvalue weighted by Gasteiger charge is 2.16. The maximum atomic E-state index is 8.66. The summed E-state index contributed by atoms with van der Waals surface area (Å²) in [6, 6.07) is 10.2. The molecule has 0 spiro atoms. The number of nitrogens with zero attached hydrogens (tertiary/aromatic N) is 5. The van der Waals surface area contributed by atoms with Crippen LogP contribution in [-0.4, -0.2) is 32.7 Å². The van der Waals surface area contributed by atoms with Crippen molar-refractivity contribution in [2.24, 2.45) is 0 Å². The van der Waals surface area contributed by atoms with Gasteiger partial charge in [0.25, 0.3) is 0 Å². The molecule has 0 aliphatic rings. The number of aromatic nitrogens is 4. The SMILES string of the molecule is CCCCOc1nc(N)c2nc(Br)n(CCOc3ccc(CCC#N)cc3)c2n1. The van der Waals surface area contributed by atoms with Crippen molar-refractivity contribution in [2.45, 2.75) is 39.2 Å². The van der Waals surface area contributed by atoms with E-state index in [1.54, 1.807) is 0 Å². The van der Waals surface area contributed by atoms with Crippen LogP contribution in [0.5, 0.6) is 11.8 Å². The van der Waals surface area contributed by atoms with E-state index in [0.29, 0.717) is 42.1 Å². The lowest BCUT2D eigenvalue weighted by Crippen LogP contribution is -2.10. The summed E-state index contributed by atoms with van der Waals surface area (Å²) >= 11 is 3.46. The Labute approximate surface area is 177 Å². The minimum absolute atomic E-state index is 0.256. The maximum Gasteiger partial charge on any atom is 0.320 e. The van der Waals surface area contributed by atoms with E-state index in [9.17, 15) is 0 Å². The molecule has 1 aromatic carbocycles.